The van der Waals surface area contributed by atoms with E-state index in [4.69, 9.17) is 0 Å². The van der Waals surface area contributed by atoms with E-state index in [0.29, 0.717) is 28.8 Å². The minimum atomic E-state index is -3.41. The van der Waals surface area contributed by atoms with Crippen molar-refractivity contribution < 1.29 is 12.8 Å². The molecule has 0 unspecified atom stereocenters. The van der Waals surface area contributed by atoms with Gasteiger partial charge in [-0.1, -0.05) is 12.1 Å². The molecule has 0 atom stereocenters. The number of sulfonamides is 1. The molecule has 26 heavy (non-hydrogen) atoms. The summed E-state index contributed by atoms with van der Waals surface area (Å²) in [5.74, 6) is 0.356. The molecular weight excluding hydrogens is 375 g/mol. The highest BCUT2D eigenvalue weighted by Crippen LogP contribution is 2.23. The number of nitrogens with zero attached hydrogens (tertiary/aromatic N) is 2. The van der Waals surface area contributed by atoms with Gasteiger partial charge in [0.2, 0.25) is 0 Å². The maximum atomic E-state index is 13.3. The van der Waals surface area contributed by atoms with Crippen LogP contribution in [0.1, 0.15) is 16.0 Å². The summed E-state index contributed by atoms with van der Waals surface area (Å²) < 4.78 is 39.0. The Hall–Kier alpha value is -1.97. The number of guanidine groups is 1. The average molecular weight is 399 g/mol. The van der Waals surface area contributed by atoms with Gasteiger partial charge in [0.15, 0.2) is 5.96 Å². The van der Waals surface area contributed by atoms with Crippen LogP contribution in [0.15, 0.2) is 39.5 Å². The lowest BCUT2D eigenvalue weighted by atomic mass is 10.1. The number of thiophene rings is 1. The van der Waals surface area contributed by atoms with E-state index in [1.807, 2.05) is 0 Å². The Labute approximate surface area is 157 Å². The van der Waals surface area contributed by atoms with Gasteiger partial charge >= 0.3 is 0 Å². The minimum absolute atomic E-state index is 0.225. The van der Waals surface area contributed by atoms with Gasteiger partial charge < -0.3 is 10.6 Å². The van der Waals surface area contributed by atoms with Gasteiger partial charge in [0.05, 0.1) is 6.54 Å². The molecular formula is C17H23FN4O2S2. The fraction of sp³-hybridized carbons (Fsp3) is 0.353. The molecule has 0 aliphatic carbocycles. The van der Waals surface area contributed by atoms with Gasteiger partial charge in [-0.15, -0.1) is 11.3 Å². The third-order valence-electron chi connectivity index (χ3n) is 3.71. The van der Waals surface area contributed by atoms with Crippen LogP contribution in [0.2, 0.25) is 0 Å². The van der Waals surface area contributed by atoms with Gasteiger partial charge in [-0.2, -0.15) is 0 Å². The lowest BCUT2D eigenvalue weighted by Crippen LogP contribution is -2.36. The van der Waals surface area contributed by atoms with E-state index >= 15 is 0 Å². The van der Waals surface area contributed by atoms with Gasteiger partial charge in [0, 0.05) is 32.6 Å². The molecule has 142 valence electrons. The molecule has 0 bridgehead atoms. The molecule has 2 aromatic rings. The first kappa shape index (κ1) is 20.3. The van der Waals surface area contributed by atoms with Crippen LogP contribution in [-0.4, -0.2) is 39.8 Å². The lowest BCUT2D eigenvalue weighted by Gasteiger charge is -2.12. The van der Waals surface area contributed by atoms with Crippen LogP contribution >= 0.6 is 11.3 Å². The zero-order valence-corrected chi connectivity index (χ0v) is 16.8. The number of hydrogen-bond acceptors (Lipinski definition) is 4. The maximum absolute atomic E-state index is 13.3. The zero-order chi connectivity index (χ0) is 19.3. The van der Waals surface area contributed by atoms with Gasteiger partial charge in [-0.05, 0) is 36.2 Å². The van der Waals surface area contributed by atoms with E-state index in [2.05, 4.69) is 15.6 Å². The Morgan fingerprint density at radius 3 is 2.50 bits per heavy atom. The second-order valence-electron chi connectivity index (χ2n) is 5.87. The van der Waals surface area contributed by atoms with Crippen molar-refractivity contribution in [2.75, 3.05) is 21.1 Å². The Kier molecular flexibility index (Phi) is 6.74. The zero-order valence-electron chi connectivity index (χ0n) is 15.2. The van der Waals surface area contributed by atoms with Crippen LogP contribution in [0.4, 0.5) is 4.39 Å². The third-order valence-corrected chi connectivity index (χ3v) is 7.08. The largest absolute Gasteiger partial charge is 0.352 e. The first-order valence-electron chi connectivity index (χ1n) is 7.95. The molecule has 6 nitrogen and oxygen atoms in total. The van der Waals surface area contributed by atoms with Gasteiger partial charge in [0.25, 0.3) is 10.0 Å². The van der Waals surface area contributed by atoms with E-state index < -0.39 is 10.0 Å². The fourth-order valence-corrected chi connectivity index (χ4v) is 4.63. The molecule has 1 aromatic carbocycles. The second-order valence-corrected chi connectivity index (χ2v) is 9.42. The average Bonchev–Trinajstić information content (AvgIpc) is 3.07. The Morgan fingerprint density at radius 2 is 1.88 bits per heavy atom. The summed E-state index contributed by atoms with van der Waals surface area (Å²) >= 11 is 1.22. The summed E-state index contributed by atoms with van der Waals surface area (Å²) in [6.07, 6.45) is 0. The molecule has 0 amide bonds. The standard InChI is InChI=1S/C17H23FN4O2S2/c1-12-9-13(5-7-15(12)18)10-20-17(19-2)21-11-14-6-8-16(25-14)26(23,24)22(3)4/h5-9H,10-11H2,1-4H3,(H2,19,20,21). The molecule has 9 heteroatoms. The molecule has 1 heterocycles. The normalized spacial score (nSPS) is 12.5. The van der Waals surface area contributed by atoms with Crippen molar-refractivity contribution in [3.63, 3.8) is 0 Å². The Morgan fingerprint density at radius 1 is 1.19 bits per heavy atom. The van der Waals surface area contributed by atoms with Crippen LogP contribution in [0, 0.1) is 12.7 Å². The molecule has 0 aliphatic rings. The number of nitrogens with one attached hydrogen (secondary N) is 2. The van der Waals surface area contributed by atoms with Crippen molar-refractivity contribution >= 4 is 27.3 Å². The summed E-state index contributed by atoms with van der Waals surface area (Å²) in [6.45, 7) is 2.68. The number of rotatable bonds is 6. The highest BCUT2D eigenvalue weighted by molar-refractivity contribution is 7.91. The molecule has 0 saturated heterocycles. The minimum Gasteiger partial charge on any atom is -0.352 e. The van der Waals surface area contributed by atoms with Crippen molar-refractivity contribution in [1.29, 1.82) is 0 Å². The molecule has 0 spiro atoms. The molecule has 2 rings (SSSR count). The highest BCUT2D eigenvalue weighted by atomic mass is 32.2. The number of aliphatic imine (C=N–C) groups is 1. The number of benzene rings is 1. The van der Waals surface area contributed by atoms with Gasteiger partial charge in [-0.25, -0.2) is 17.1 Å². The summed E-state index contributed by atoms with van der Waals surface area (Å²) in [5.41, 5.74) is 1.54. The van der Waals surface area contributed by atoms with Crippen LogP contribution in [0.25, 0.3) is 0 Å². The number of hydrogen-bond donors (Lipinski definition) is 2. The molecule has 0 aliphatic heterocycles. The van der Waals surface area contributed by atoms with Crippen LogP contribution in [-0.2, 0) is 23.1 Å². The summed E-state index contributed by atoms with van der Waals surface area (Å²) in [4.78, 5) is 5.02. The molecule has 0 radical (unpaired) electrons. The third kappa shape index (κ3) is 5.03. The Balaban J connectivity index is 1.93. The predicted octanol–water partition coefficient (Wildman–Crippen LogP) is 2.31. The van der Waals surface area contributed by atoms with Crippen LogP contribution < -0.4 is 10.6 Å². The molecule has 2 N–H and O–H groups in total. The lowest BCUT2D eigenvalue weighted by molar-refractivity contribution is 0.523. The second kappa shape index (κ2) is 8.61. The summed E-state index contributed by atoms with van der Waals surface area (Å²) in [5, 5.41) is 6.30. The van der Waals surface area contributed by atoms with Crippen molar-refractivity contribution in [3.05, 3.63) is 52.2 Å². The van der Waals surface area contributed by atoms with Crippen LogP contribution in [0.3, 0.4) is 0 Å². The number of halogens is 1. The first-order valence-corrected chi connectivity index (χ1v) is 10.2. The van der Waals surface area contributed by atoms with Crippen molar-refractivity contribution in [2.24, 2.45) is 4.99 Å². The van der Waals surface area contributed by atoms with E-state index in [0.717, 1.165) is 10.4 Å². The van der Waals surface area contributed by atoms with E-state index in [9.17, 15) is 12.8 Å². The SMILES string of the molecule is CN=C(NCc1ccc(F)c(C)c1)NCc1ccc(S(=O)(=O)N(C)C)s1. The summed E-state index contributed by atoms with van der Waals surface area (Å²) in [7, 11) is 1.27. The predicted molar refractivity (Wildman–Crippen MR) is 103 cm³/mol. The van der Waals surface area contributed by atoms with Crippen molar-refractivity contribution in [3.8, 4) is 0 Å². The fourth-order valence-electron chi connectivity index (χ4n) is 2.17. The maximum Gasteiger partial charge on any atom is 0.252 e. The summed E-state index contributed by atoms with van der Waals surface area (Å²) in [6, 6.07) is 8.34. The van der Waals surface area contributed by atoms with Crippen LogP contribution in [0.5, 0.6) is 0 Å². The van der Waals surface area contributed by atoms with Gasteiger partial charge in [-0.3, -0.25) is 4.99 Å². The first-order chi connectivity index (χ1) is 12.2. The Bertz CT molecular complexity index is 892. The monoisotopic (exact) mass is 398 g/mol. The van der Waals surface area contributed by atoms with E-state index in [1.165, 1.54) is 35.8 Å². The number of aryl methyl sites for hydroxylation is 1. The molecule has 1 aromatic heterocycles. The van der Waals surface area contributed by atoms with E-state index in [1.54, 1.807) is 38.2 Å². The topological polar surface area (TPSA) is 73.8 Å². The quantitative estimate of drug-likeness (QED) is 0.579. The molecule has 0 fully saturated rings. The van der Waals surface area contributed by atoms with Crippen molar-refractivity contribution in [1.82, 2.24) is 14.9 Å². The van der Waals surface area contributed by atoms with E-state index in [-0.39, 0.29) is 5.82 Å². The van der Waals surface area contributed by atoms with Gasteiger partial charge in [0.1, 0.15) is 10.0 Å². The molecule has 0 saturated carbocycles. The highest BCUT2D eigenvalue weighted by Gasteiger charge is 2.19. The smallest absolute Gasteiger partial charge is 0.252 e. The van der Waals surface area contributed by atoms with Crippen molar-refractivity contribution in [2.45, 2.75) is 24.2 Å².